The highest BCUT2D eigenvalue weighted by molar-refractivity contribution is 5.53. The fraction of sp³-hybridized carbons (Fsp3) is 0. The van der Waals surface area contributed by atoms with Gasteiger partial charge in [0.1, 0.15) is 0 Å². The Labute approximate surface area is 118 Å². The monoisotopic (exact) mass is 283 g/mol. The second-order valence-electron chi connectivity index (χ2n) is 3.91. The van der Waals surface area contributed by atoms with Crippen LogP contribution >= 0.6 is 0 Å². The van der Waals surface area contributed by atoms with Gasteiger partial charge in [0, 0.05) is 6.07 Å². The lowest BCUT2D eigenvalue weighted by Crippen LogP contribution is -1.96. The van der Waals surface area contributed by atoms with Gasteiger partial charge in [0.2, 0.25) is 5.75 Å². The fourth-order valence-electron chi connectivity index (χ4n) is 1.59. The molecule has 0 fully saturated rings. The van der Waals surface area contributed by atoms with Crippen LogP contribution in [0.1, 0.15) is 11.1 Å². The molecule has 0 unspecified atom stereocenters. The molecule has 102 valence electrons. The van der Waals surface area contributed by atoms with Gasteiger partial charge in [0.25, 0.3) is 0 Å². The second kappa shape index (κ2) is 5.68. The summed E-state index contributed by atoms with van der Waals surface area (Å²) in [4.78, 5) is 10.2. The van der Waals surface area contributed by atoms with Crippen LogP contribution in [-0.2, 0) is 0 Å². The van der Waals surface area contributed by atoms with Crippen LogP contribution in [0.25, 0.3) is 0 Å². The van der Waals surface area contributed by atoms with Crippen LogP contribution in [0.2, 0.25) is 0 Å². The number of hydrogen-bond donors (Lipinski definition) is 0. The molecule has 0 aliphatic rings. The molecule has 0 radical (unpaired) electrons. The highest BCUT2D eigenvalue weighted by Gasteiger charge is 2.18. The van der Waals surface area contributed by atoms with E-state index in [-0.39, 0.29) is 22.6 Å². The Hall–Kier alpha value is -3.45. The van der Waals surface area contributed by atoms with Crippen molar-refractivity contribution in [2.75, 3.05) is 0 Å². The van der Waals surface area contributed by atoms with Crippen molar-refractivity contribution in [1.82, 2.24) is 0 Å². The normalized spacial score (nSPS) is 9.48. The summed E-state index contributed by atoms with van der Waals surface area (Å²) in [5, 5.41) is 28.3. The number of halogens is 1. The van der Waals surface area contributed by atoms with E-state index in [4.69, 9.17) is 15.3 Å². The number of nitriles is 2. The zero-order chi connectivity index (χ0) is 15.4. The van der Waals surface area contributed by atoms with Gasteiger partial charge in [-0.1, -0.05) is 0 Å². The quantitative estimate of drug-likeness (QED) is 0.635. The number of nitrogens with zero attached hydrogens (tertiary/aromatic N) is 3. The highest BCUT2D eigenvalue weighted by atomic mass is 19.1. The van der Waals surface area contributed by atoms with Crippen molar-refractivity contribution in [3.63, 3.8) is 0 Å². The topological polar surface area (TPSA) is 99.9 Å². The molecule has 2 rings (SSSR count). The minimum atomic E-state index is -0.812. The van der Waals surface area contributed by atoms with Gasteiger partial charge in [-0.15, -0.1) is 0 Å². The molecule has 0 bridgehead atoms. The van der Waals surface area contributed by atoms with Crippen LogP contribution in [-0.4, -0.2) is 4.92 Å². The van der Waals surface area contributed by atoms with Crippen LogP contribution in [0, 0.1) is 38.6 Å². The second-order valence-corrected chi connectivity index (χ2v) is 3.91. The summed E-state index contributed by atoms with van der Waals surface area (Å²) in [6.45, 7) is 0. The molecule has 0 saturated carbocycles. The van der Waals surface area contributed by atoms with Gasteiger partial charge in [0.15, 0.2) is 11.6 Å². The van der Waals surface area contributed by atoms with E-state index in [0.29, 0.717) is 0 Å². The van der Waals surface area contributed by atoms with E-state index < -0.39 is 16.4 Å². The van der Waals surface area contributed by atoms with Gasteiger partial charge < -0.3 is 4.74 Å². The van der Waals surface area contributed by atoms with E-state index in [1.165, 1.54) is 24.3 Å². The molecule has 0 heterocycles. The number of nitro benzene ring substituents is 1. The molecule has 0 aliphatic heterocycles. The standard InChI is InChI=1S/C14H6FN3O3/c15-11-5-9(7-16)1-3-13(11)21-14-4-2-10(8-17)6-12(14)18(19)20/h1-6H. The average molecular weight is 283 g/mol. The van der Waals surface area contributed by atoms with Crippen molar-refractivity contribution in [1.29, 1.82) is 10.5 Å². The lowest BCUT2D eigenvalue weighted by atomic mass is 10.2. The number of rotatable bonds is 3. The highest BCUT2D eigenvalue weighted by Crippen LogP contribution is 2.33. The van der Waals surface area contributed by atoms with Crippen LogP contribution in [0.3, 0.4) is 0 Å². The van der Waals surface area contributed by atoms with Gasteiger partial charge in [-0.25, -0.2) is 4.39 Å². The molecule has 2 aromatic carbocycles. The zero-order valence-corrected chi connectivity index (χ0v) is 10.4. The van der Waals surface area contributed by atoms with E-state index in [1.54, 1.807) is 12.1 Å². The lowest BCUT2D eigenvalue weighted by molar-refractivity contribution is -0.385. The summed E-state index contributed by atoms with van der Waals surface area (Å²) in [5.41, 5.74) is -0.249. The van der Waals surface area contributed by atoms with Gasteiger partial charge in [-0.3, -0.25) is 10.1 Å². The van der Waals surface area contributed by atoms with Crippen LogP contribution in [0.4, 0.5) is 10.1 Å². The van der Waals surface area contributed by atoms with Crippen molar-refractivity contribution in [3.8, 4) is 23.6 Å². The summed E-state index contributed by atoms with van der Waals surface area (Å²) in [5.74, 6) is -1.25. The Bertz CT molecular complexity index is 806. The maximum Gasteiger partial charge on any atom is 0.312 e. The van der Waals surface area contributed by atoms with E-state index >= 15 is 0 Å². The third-order valence-electron chi connectivity index (χ3n) is 2.57. The Morgan fingerprint density at radius 2 is 1.62 bits per heavy atom. The summed E-state index contributed by atoms with van der Waals surface area (Å²) in [6.07, 6.45) is 0. The average Bonchev–Trinajstić information content (AvgIpc) is 2.49. The first-order valence-electron chi connectivity index (χ1n) is 5.61. The number of benzene rings is 2. The minimum Gasteiger partial charge on any atom is -0.447 e. The van der Waals surface area contributed by atoms with Crippen LogP contribution in [0.5, 0.6) is 11.5 Å². The maximum absolute atomic E-state index is 13.7. The zero-order valence-electron chi connectivity index (χ0n) is 10.4. The van der Waals surface area contributed by atoms with E-state index in [9.17, 15) is 14.5 Å². The van der Waals surface area contributed by atoms with Crippen LogP contribution < -0.4 is 4.74 Å². The number of nitro groups is 1. The molecule has 6 nitrogen and oxygen atoms in total. The largest absolute Gasteiger partial charge is 0.447 e. The van der Waals surface area contributed by atoms with E-state index in [2.05, 4.69) is 0 Å². The van der Waals surface area contributed by atoms with Crippen molar-refractivity contribution in [2.24, 2.45) is 0 Å². The first-order chi connectivity index (χ1) is 10.0. The van der Waals surface area contributed by atoms with E-state index in [0.717, 1.165) is 12.1 Å². The van der Waals surface area contributed by atoms with Gasteiger partial charge in [0.05, 0.1) is 28.2 Å². The molecule has 0 amide bonds. The summed E-state index contributed by atoms with van der Waals surface area (Å²) >= 11 is 0. The molecule has 2 aromatic rings. The third-order valence-corrected chi connectivity index (χ3v) is 2.57. The van der Waals surface area contributed by atoms with Crippen LogP contribution in [0.15, 0.2) is 36.4 Å². The molecule has 0 aliphatic carbocycles. The molecule has 0 spiro atoms. The molecule has 21 heavy (non-hydrogen) atoms. The first-order valence-corrected chi connectivity index (χ1v) is 5.61. The smallest absolute Gasteiger partial charge is 0.312 e. The van der Waals surface area contributed by atoms with Gasteiger partial charge in [-0.2, -0.15) is 10.5 Å². The Balaban J connectivity index is 2.43. The maximum atomic E-state index is 13.7. The van der Waals surface area contributed by atoms with Gasteiger partial charge >= 0.3 is 5.69 Å². The Morgan fingerprint density at radius 3 is 2.14 bits per heavy atom. The molecule has 0 saturated heterocycles. The predicted octanol–water partition coefficient (Wildman–Crippen LogP) is 3.27. The molecule has 0 atom stereocenters. The molecule has 0 aromatic heterocycles. The summed E-state index contributed by atoms with van der Waals surface area (Å²) in [7, 11) is 0. The SMILES string of the molecule is N#Cc1ccc(Oc2ccc(C#N)cc2[N+](=O)[O-])c(F)c1. The van der Waals surface area contributed by atoms with Crippen molar-refractivity contribution in [3.05, 3.63) is 63.5 Å². The Kier molecular flexibility index (Phi) is 3.78. The number of hydrogen-bond acceptors (Lipinski definition) is 5. The Morgan fingerprint density at radius 1 is 1.05 bits per heavy atom. The van der Waals surface area contributed by atoms with Crippen molar-refractivity contribution < 1.29 is 14.1 Å². The third kappa shape index (κ3) is 2.94. The van der Waals surface area contributed by atoms with Crippen molar-refractivity contribution >= 4 is 5.69 Å². The first kappa shape index (κ1) is 14.0. The molecular weight excluding hydrogens is 277 g/mol. The van der Waals surface area contributed by atoms with Crippen molar-refractivity contribution in [2.45, 2.75) is 0 Å². The minimum absolute atomic E-state index is 0.0920. The van der Waals surface area contributed by atoms with E-state index in [1.807, 2.05) is 0 Å². The summed E-state index contributed by atoms with van der Waals surface area (Å²) < 4.78 is 18.9. The van der Waals surface area contributed by atoms with Gasteiger partial charge in [-0.05, 0) is 30.3 Å². The molecule has 7 heteroatoms. The fourth-order valence-corrected chi connectivity index (χ4v) is 1.59. The summed E-state index contributed by atoms with van der Waals surface area (Å²) in [6, 6.07) is 10.6. The molecular formula is C14H6FN3O3. The predicted molar refractivity (Wildman–Crippen MR) is 69.0 cm³/mol. The lowest BCUT2D eigenvalue weighted by Gasteiger charge is -2.07. The molecule has 0 N–H and O–H groups in total. The number of ether oxygens (including phenoxy) is 1.